The standard InChI is InChI=1S/C42H27N3O/c1-42(2)34-15-6-5-13-30(34)31-19-17-27(23-35(31)42)40-43-39-26-10-7-9-24(21-26)28-11-3-4-12-29(28)25-18-20-36-33(22-25)38-32(41(44-39)45-40)14-8-16-37(38)46-36/h3-23H,1-2H3. The molecule has 0 fully saturated rings. The third-order valence-corrected chi connectivity index (χ3v) is 9.88. The summed E-state index contributed by atoms with van der Waals surface area (Å²) >= 11 is 0. The van der Waals surface area contributed by atoms with Crippen molar-refractivity contribution in [1.82, 2.24) is 15.0 Å². The predicted molar refractivity (Wildman–Crippen MR) is 189 cm³/mol. The fraction of sp³-hybridized carbons (Fsp3) is 0.0714. The molecule has 46 heavy (non-hydrogen) atoms. The smallest absolute Gasteiger partial charge is 0.164 e. The largest absolute Gasteiger partial charge is 0.456 e. The SMILES string of the molecule is CC1(C)c2ccccc2-c2ccc(-c3nc4nc(n3)c3cccc5oc6ccc(cc6c53)c3ccccc3c3cccc4c3)cc21. The number of aromatic nitrogens is 3. The highest BCUT2D eigenvalue weighted by molar-refractivity contribution is 6.19. The molecule has 0 atom stereocenters. The first-order valence-electron chi connectivity index (χ1n) is 15.7. The summed E-state index contributed by atoms with van der Waals surface area (Å²) in [5.41, 5.74) is 8.98. The first-order chi connectivity index (χ1) is 22.5. The highest BCUT2D eigenvalue weighted by atomic mass is 16.3. The van der Waals surface area contributed by atoms with E-state index in [-0.39, 0.29) is 5.41 Å². The lowest BCUT2D eigenvalue weighted by Crippen LogP contribution is -2.15. The van der Waals surface area contributed by atoms with Gasteiger partial charge < -0.3 is 4.42 Å². The van der Waals surface area contributed by atoms with Crippen molar-refractivity contribution in [3.8, 4) is 22.5 Å². The Kier molecular flexibility index (Phi) is 5.03. The molecule has 0 saturated heterocycles. The molecule has 1 aliphatic rings. The molecule has 1 aliphatic carbocycles. The molecule has 0 spiro atoms. The summed E-state index contributed by atoms with van der Waals surface area (Å²) in [6.07, 6.45) is 0. The summed E-state index contributed by atoms with van der Waals surface area (Å²) in [6.45, 7) is 4.60. The van der Waals surface area contributed by atoms with E-state index in [2.05, 4.69) is 129 Å². The molecular weight excluding hydrogens is 562 g/mol. The lowest BCUT2D eigenvalue weighted by molar-refractivity contribution is 0.660. The molecule has 3 aromatic heterocycles. The van der Waals surface area contributed by atoms with Gasteiger partial charge in [-0.25, -0.2) is 15.0 Å². The van der Waals surface area contributed by atoms with Gasteiger partial charge in [0.05, 0.1) is 0 Å². The fourth-order valence-corrected chi connectivity index (χ4v) is 7.59. The first-order valence-corrected chi connectivity index (χ1v) is 15.7. The molecule has 0 radical (unpaired) electrons. The van der Waals surface area contributed by atoms with E-state index in [1.807, 2.05) is 12.1 Å². The van der Waals surface area contributed by atoms with Crippen molar-refractivity contribution in [2.75, 3.05) is 0 Å². The molecule has 3 heterocycles. The second kappa shape index (κ2) is 9.09. The summed E-state index contributed by atoms with van der Waals surface area (Å²) in [6, 6.07) is 45.1. The molecule has 10 rings (SSSR count). The van der Waals surface area contributed by atoms with Gasteiger partial charge in [0.25, 0.3) is 0 Å². The molecule has 9 aromatic rings. The Bertz CT molecular complexity index is 2790. The van der Waals surface area contributed by atoms with Crippen LogP contribution in [0.3, 0.4) is 0 Å². The topological polar surface area (TPSA) is 51.8 Å². The minimum atomic E-state index is -0.128. The second-order valence-electron chi connectivity index (χ2n) is 12.9. The highest BCUT2D eigenvalue weighted by Gasteiger charge is 2.35. The minimum Gasteiger partial charge on any atom is -0.456 e. The lowest BCUT2D eigenvalue weighted by atomic mass is 9.82. The molecular formula is C42H27N3O. The third-order valence-electron chi connectivity index (χ3n) is 9.88. The van der Waals surface area contributed by atoms with Crippen LogP contribution in [0, 0.1) is 0 Å². The van der Waals surface area contributed by atoms with Crippen LogP contribution >= 0.6 is 0 Å². The normalized spacial score (nSPS) is 13.6. The van der Waals surface area contributed by atoms with Crippen LogP contribution in [0.1, 0.15) is 25.0 Å². The van der Waals surface area contributed by atoms with Crippen LogP contribution < -0.4 is 0 Å². The van der Waals surface area contributed by atoms with Crippen LogP contribution in [0.5, 0.6) is 0 Å². The zero-order valence-corrected chi connectivity index (χ0v) is 25.4. The Balaban J connectivity index is 1.37. The number of hydrogen-bond donors (Lipinski definition) is 0. The average molecular weight is 590 g/mol. The summed E-state index contributed by atoms with van der Waals surface area (Å²) < 4.78 is 6.39. The maximum Gasteiger partial charge on any atom is 0.164 e. The first kappa shape index (κ1) is 25.5. The number of fused-ring (bicyclic) bond motifs is 13. The van der Waals surface area contributed by atoms with Gasteiger partial charge in [0, 0.05) is 32.5 Å². The van der Waals surface area contributed by atoms with Gasteiger partial charge in [-0.2, -0.15) is 0 Å². The van der Waals surface area contributed by atoms with Crippen molar-refractivity contribution < 1.29 is 4.42 Å². The van der Waals surface area contributed by atoms with Crippen LogP contribution in [0.2, 0.25) is 0 Å². The van der Waals surface area contributed by atoms with E-state index in [0.717, 1.165) is 54.4 Å². The Hall–Kier alpha value is -5.87. The molecule has 6 aromatic carbocycles. The molecule has 0 N–H and O–H groups in total. The predicted octanol–water partition coefficient (Wildman–Crippen LogP) is 10.9. The van der Waals surface area contributed by atoms with Crippen LogP contribution in [-0.4, -0.2) is 15.0 Å². The second-order valence-corrected chi connectivity index (χ2v) is 12.9. The maximum absolute atomic E-state index is 6.39. The van der Waals surface area contributed by atoms with Crippen molar-refractivity contribution in [3.05, 3.63) is 139 Å². The van der Waals surface area contributed by atoms with Crippen molar-refractivity contribution in [1.29, 1.82) is 0 Å². The van der Waals surface area contributed by atoms with E-state index in [4.69, 9.17) is 19.4 Å². The number of benzene rings is 6. The number of nitrogens with zero attached hydrogens (tertiary/aromatic N) is 3. The monoisotopic (exact) mass is 589 g/mol. The molecule has 0 saturated carbocycles. The summed E-state index contributed by atoms with van der Waals surface area (Å²) in [5.74, 6) is 0.653. The number of hydrogen-bond acceptors (Lipinski definition) is 4. The molecule has 4 nitrogen and oxygen atoms in total. The van der Waals surface area contributed by atoms with Gasteiger partial charge in [-0.15, -0.1) is 0 Å². The summed E-state index contributed by atoms with van der Waals surface area (Å²) in [5, 5.41) is 8.51. The fourth-order valence-electron chi connectivity index (χ4n) is 7.59. The van der Waals surface area contributed by atoms with Crippen molar-refractivity contribution >= 4 is 65.6 Å². The van der Waals surface area contributed by atoms with Gasteiger partial charge in [0.15, 0.2) is 17.1 Å². The van der Waals surface area contributed by atoms with Crippen molar-refractivity contribution in [3.63, 3.8) is 0 Å². The van der Waals surface area contributed by atoms with Crippen LogP contribution in [0.4, 0.5) is 0 Å². The van der Waals surface area contributed by atoms with Crippen LogP contribution in [0.25, 0.3) is 88.1 Å². The number of rotatable bonds is 1. The molecule has 0 amide bonds. The molecule has 4 heteroatoms. The van der Waals surface area contributed by atoms with Gasteiger partial charge in [-0.3, -0.25) is 0 Å². The molecule has 216 valence electrons. The summed E-state index contributed by atoms with van der Waals surface area (Å²) in [7, 11) is 0. The zero-order chi connectivity index (χ0) is 30.6. The Morgan fingerprint density at radius 2 is 1.20 bits per heavy atom. The number of furan rings is 1. The molecule has 6 bridgehead atoms. The Morgan fingerprint density at radius 1 is 0.478 bits per heavy atom. The lowest BCUT2D eigenvalue weighted by Gasteiger charge is -2.21. The van der Waals surface area contributed by atoms with Crippen LogP contribution in [0.15, 0.2) is 132 Å². The maximum atomic E-state index is 6.39. The van der Waals surface area contributed by atoms with Gasteiger partial charge in [0.1, 0.15) is 11.2 Å². The Labute approximate surface area is 264 Å². The molecule has 0 unspecified atom stereocenters. The van der Waals surface area contributed by atoms with Gasteiger partial charge in [-0.1, -0.05) is 111 Å². The van der Waals surface area contributed by atoms with Gasteiger partial charge in [-0.05, 0) is 74.1 Å². The van der Waals surface area contributed by atoms with E-state index in [1.54, 1.807) is 0 Å². The third kappa shape index (κ3) is 3.52. The van der Waals surface area contributed by atoms with E-state index in [9.17, 15) is 0 Å². The van der Waals surface area contributed by atoms with E-state index in [1.165, 1.54) is 27.6 Å². The quantitative estimate of drug-likeness (QED) is 0.191. The van der Waals surface area contributed by atoms with E-state index < -0.39 is 0 Å². The van der Waals surface area contributed by atoms with Gasteiger partial charge >= 0.3 is 0 Å². The Morgan fingerprint density at radius 3 is 2.09 bits per heavy atom. The van der Waals surface area contributed by atoms with Crippen molar-refractivity contribution in [2.24, 2.45) is 0 Å². The van der Waals surface area contributed by atoms with E-state index >= 15 is 0 Å². The van der Waals surface area contributed by atoms with Crippen molar-refractivity contribution in [2.45, 2.75) is 19.3 Å². The minimum absolute atomic E-state index is 0.128. The zero-order valence-electron chi connectivity index (χ0n) is 25.4. The summed E-state index contributed by atoms with van der Waals surface area (Å²) in [4.78, 5) is 15.5. The van der Waals surface area contributed by atoms with E-state index in [0.29, 0.717) is 17.1 Å². The van der Waals surface area contributed by atoms with Gasteiger partial charge in [0.2, 0.25) is 0 Å². The van der Waals surface area contributed by atoms with Crippen LogP contribution in [-0.2, 0) is 5.41 Å². The highest BCUT2D eigenvalue weighted by Crippen LogP contribution is 2.49. The molecule has 0 aliphatic heterocycles. The average Bonchev–Trinajstić information content (AvgIpc) is 3.59.